The Morgan fingerprint density at radius 3 is 1.47 bits per heavy atom. The van der Waals surface area contributed by atoms with E-state index in [1.165, 1.54) is 87.5 Å². The fraction of sp³-hybridized carbons (Fsp3) is 0. The van der Waals surface area contributed by atoms with Crippen molar-refractivity contribution in [3.63, 3.8) is 0 Å². The van der Waals surface area contributed by atoms with Crippen LogP contribution in [0.5, 0.6) is 0 Å². The van der Waals surface area contributed by atoms with Gasteiger partial charge in [-0.05, 0) is 115 Å². The molecule has 290 valence electrons. The van der Waals surface area contributed by atoms with Crippen molar-refractivity contribution in [3.8, 4) is 39.1 Å². The molecule has 0 aliphatic carbocycles. The highest BCUT2D eigenvalue weighted by atomic mass is 15.1. The van der Waals surface area contributed by atoms with E-state index in [0.717, 1.165) is 22.7 Å². The lowest BCUT2D eigenvalue weighted by Gasteiger charge is -2.26. The van der Waals surface area contributed by atoms with Gasteiger partial charge in [-0.2, -0.15) is 0 Å². The topological polar surface area (TPSA) is 8.17 Å². The van der Waals surface area contributed by atoms with Gasteiger partial charge in [-0.3, -0.25) is 0 Å². The molecule has 0 saturated carbocycles. The lowest BCUT2D eigenvalue weighted by atomic mass is 9.94. The molecular weight excluding hydrogens is 749 g/mol. The van der Waals surface area contributed by atoms with Crippen LogP contribution < -0.4 is 4.90 Å². The molecule has 0 aliphatic rings. The Morgan fingerprint density at radius 2 is 0.758 bits per heavy atom. The Balaban J connectivity index is 0.984. The van der Waals surface area contributed by atoms with Crippen LogP contribution in [0.2, 0.25) is 0 Å². The minimum Gasteiger partial charge on any atom is -0.310 e. The molecule has 0 spiro atoms. The predicted octanol–water partition coefficient (Wildman–Crippen LogP) is 16.7. The third-order valence-electron chi connectivity index (χ3n) is 12.6. The fourth-order valence-corrected chi connectivity index (χ4v) is 9.58. The maximum Gasteiger partial charge on any atom is 0.0619 e. The normalized spacial score (nSPS) is 11.5. The smallest absolute Gasteiger partial charge is 0.0619 e. The van der Waals surface area contributed by atoms with Gasteiger partial charge in [0.2, 0.25) is 0 Å². The molecule has 2 heteroatoms. The van der Waals surface area contributed by atoms with E-state index in [-0.39, 0.29) is 0 Å². The van der Waals surface area contributed by atoms with Crippen molar-refractivity contribution in [2.75, 3.05) is 4.90 Å². The van der Waals surface area contributed by atoms with E-state index < -0.39 is 0 Å². The molecule has 0 fully saturated rings. The van der Waals surface area contributed by atoms with Gasteiger partial charge < -0.3 is 9.47 Å². The maximum atomic E-state index is 2.44. The van der Waals surface area contributed by atoms with Crippen molar-refractivity contribution in [1.82, 2.24) is 4.57 Å². The fourth-order valence-electron chi connectivity index (χ4n) is 9.58. The average Bonchev–Trinajstić information content (AvgIpc) is 3.69. The van der Waals surface area contributed by atoms with E-state index >= 15 is 0 Å². The van der Waals surface area contributed by atoms with E-state index in [1.807, 2.05) is 0 Å². The summed E-state index contributed by atoms with van der Waals surface area (Å²) in [5, 5.41) is 9.98. The van der Waals surface area contributed by atoms with E-state index in [9.17, 15) is 0 Å². The first-order valence-corrected chi connectivity index (χ1v) is 21.3. The van der Waals surface area contributed by atoms with Gasteiger partial charge in [0.05, 0.1) is 11.0 Å². The highest BCUT2D eigenvalue weighted by Gasteiger charge is 2.18. The quantitative estimate of drug-likeness (QED) is 0.146. The number of rotatable bonds is 7. The van der Waals surface area contributed by atoms with Gasteiger partial charge >= 0.3 is 0 Å². The molecular formula is C60H40N2. The van der Waals surface area contributed by atoms with Gasteiger partial charge in [0.25, 0.3) is 0 Å². The van der Waals surface area contributed by atoms with Crippen LogP contribution in [0.1, 0.15) is 0 Å². The zero-order chi connectivity index (χ0) is 41.0. The largest absolute Gasteiger partial charge is 0.310 e. The van der Waals surface area contributed by atoms with E-state index in [2.05, 4.69) is 252 Å². The standard InChI is InChI=1S/C60H40N2/c1-3-13-42(14-4-1)52-19-11-12-20-53(52)45-27-34-50(35-28-45)61(51-36-29-46-24-23-43-15-7-9-21-54(43)58(46)40-51)49-32-25-41(26-33-49)47-31-37-56-57-38-30-44-16-8-10-22-55(44)60(57)62(59(56)39-47)48-17-5-2-6-18-48/h1-40H. The zero-order valence-electron chi connectivity index (χ0n) is 34.0. The van der Waals surface area contributed by atoms with Crippen molar-refractivity contribution in [2.45, 2.75) is 0 Å². The van der Waals surface area contributed by atoms with Gasteiger partial charge in [0.15, 0.2) is 0 Å². The van der Waals surface area contributed by atoms with Crippen molar-refractivity contribution < 1.29 is 0 Å². The van der Waals surface area contributed by atoms with Crippen LogP contribution in [-0.2, 0) is 0 Å². The summed E-state index contributed by atoms with van der Waals surface area (Å²) < 4.78 is 2.44. The average molecular weight is 789 g/mol. The minimum atomic E-state index is 1.09. The second-order valence-electron chi connectivity index (χ2n) is 16.1. The summed E-state index contributed by atoms with van der Waals surface area (Å²) in [6.07, 6.45) is 0. The summed E-state index contributed by atoms with van der Waals surface area (Å²) in [7, 11) is 0. The first-order valence-electron chi connectivity index (χ1n) is 21.3. The van der Waals surface area contributed by atoms with Crippen molar-refractivity contribution >= 4 is 71.2 Å². The van der Waals surface area contributed by atoms with Crippen molar-refractivity contribution in [3.05, 3.63) is 243 Å². The van der Waals surface area contributed by atoms with Crippen LogP contribution in [0.25, 0.3) is 93.2 Å². The first kappa shape index (κ1) is 35.7. The Labute approximate surface area is 360 Å². The second kappa shape index (κ2) is 14.8. The number of hydrogen-bond donors (Lipinski definition) is 0. The van der Waals surface area contributed by atoms with Gasteiger partial charge in [0, 0.05) is 38.9 Å². The van der Waals surface area contributed by atoms with Crippen LogP contribution in [0.15, 0.2) is 243 Å². The van der Waals surface area contributed by atoms with Crippen molar-refractivity contribution in [2.24, 2.45) is 0 Å². The molecule has 12 aromatic rings. The monoisotopic (exact) mass is 788 g/mol. The summed E-state index contributed by atoms with van der Waals surface area (Å²) in [5.41, 5.74) is 14.1. The molecule has 0 unspecified atom stereocenters. The van der Waals surface area contributed by atoms with Crippen LogP contribution in [0.3, 0.4) is 0 Å². The van der Waals surface area contributed by atoms with Crippen LogP contribution >= 0.6 is 0 Å². The number of aromatic nitrogens is 1. The number of anilines is 3. The minimum absolute atomic E-state index is 1.09. The second-order valence-corrected chi connectivity index (χ2v) is 16.1. The number of nitrogens with zero attached hydrogens (tertiary/aromatic N) is 2. The predicted molar refractivity (Wildman–Crippen MR) is 264 cm³/mol. The molecule has 0 N–H and O–H groups in total. The van der Waals surface area contributed by atoms with E-state index in [1.54, 1.807) is 0 Å². The zero-order valence-corrected chi connectivity index (χ0v) is 34.0. The van der Waals surface area contributed by atoms with Gasteiger partial charge in [0.1, 0.15) is 0 Å². The lowest BCUT2D eigenvalue weighted by Crippen LogP contribution is -2.10. The molecule has 62 heavy (non-hydrogen) atoms. The third kappa shape index (κ3) is 6.04. The molecule has 2 nitrogen and oxygen atoms in total. The molecule has 1 aromatic heterocycles. The van der Waals surface area contributed by atoms with E-state index in [4.69, 9.17) is 0 Å². The van der Waals surface area contributed by atoms with Gasteiger partial charge in [-0.15, -0.1) is 0 Å². The molecule has 0 atom stereocenters. The summed E-state index contributed by atoms with van der Waals surface area (Å²) in [6.45, 7) is 0. The lowest BCUT2D eigenvalue weighted by molar-refractivity contribution is 1.19. The Bertz CT molecular complexity index is 3600. The summed E-state index contributed by atoms with van der Waals surface area (Å²) in [5.74, 6) is 0. The SMILES string of the molecule is c1ccc(-c2ccccc2-c2ccc(N(c3ccc(-c4ccc5c6ccc7ccccc7c6n(-c6ccccc6)c5c4)cc3)c3ccc4ccc5ccccc5c4c3)cc2)cc1. The maximum absolute atomic E-state index is 2.44. The summed E-state index contributed by atoms with van der Waals surface area (Å²) in [4.78, 5) is 2.39. The number of fused-ring (bicyclic) bond motifs is 8. The molecule has 0 bridgehead atoms. The van der Waals surface area contributed by atoms with Crippen molar-refractivity contribution in [1.29, 1.82) is 0 Å². The molecule has 0 radical (unpaired) electrons. The Morgan fingerprint density at radius 1 is 0.274 bits per heavy atom. The Kier molecular flexibility index (Phi) is 8.53. The molecule has 11 aromatic carbocycles. The van der Waals surface area contributed by atoms with Crippen LogP contribution in [0, 0.1) is 0 Å². The molecule has 12 rings (SSSR count). The number of benzene rings is 11. The molecule has 0 amide bonds. The molecule has 0 saturated heterocycles. The highest BCUT2D eigenvalue weighted by molar-refractivity contribution is 6.19. The van der Waals surface area contributed by atoms with E-state index in [0.29, 0.717) is 0 Å². The van der Waals surface area contributed by atoms with Gasteiger partial charge in [-0.25, -0.2) is 0 Å². The molecule has 1 heterocycles. The summed E-state index contributed by atoms with van der Waals surface area (Å²) in [6, 6.07) is 88.4. The number of para-hydroxylation sites is 1. The van der Waals surface area contributed by atoms with Crippen LogP contribution in [0.4, 0.5) is 17.1 Å². The first-order chi connectivity index (χ1) is 30.7. The molecule has 0 aliphatic heterocycles. The number of hydrogen-bond acceptors (Lipinski definition) is 1. The summed E-state index contributed by atoms with van der Waals surface area (Å²) >= 11 is 0. The van der Waals surface area contributed by atoms with Crippen LogP contribution in [-0.4, -0.2) is 4.57 Å². The third-order valence-corrected chi connectivity index (χ3v) is 12.6. The highest BCUT2D eigenvalue weighted by Crippen LogP contribution is 2.42. The van der Waals surface area contributed by atoms with Gasteiger partial charge in [-0.1, -0.05) is 188 Å². The Hall–Kier alpha value is -8.20.